The molecule has 0 N–H and O–H groups in total. The lowest BCUT2D eigenvalue weighted by Gasteiger charge is -2.08. The summed E-state index contributed by atoms with van der Waals surface area (Å²) in [5, 5.41) is 0.566. The Morgan fingerprint density at radius 1 is 1.33 bits per heavy atom. The average molecular weight is 376 g/mol. The number of carbonyl (C=O) groups excluding carboxylic acids is 2. The lowest BCUT2D eigenvalue weighted by molar-refractivity contribution is -0.191. The highest BCUT2D eigenvalue weighted by molar-refractivity contribution is 9.10. The van der Waals surface area contributed by atoms with Crippen molar-refractivity contribution in [3.63, 3.8) is 0 Å². The van der Waals surface area contributed by atoms with Crippen LogP contribution in [0.4, 0.5) is 4.39 Å². The zero-order valence-electron chi connectivity index (χ0n) is 11.5. The van der Waals surface area contributed by atoms with Crippen molar-refractivity contribution in [2.45, 2.75) is 26.7 Å². The molecule has 7 heteroatoms. The quantitative estimate of drug-likeness (QED) is 0.815. The van der Waals surface area contributed by atoms with Crippen LogP contribution in [0.3, 0.4) is 0 Å². The first-order valence-electron chi connectivity index (χ1n) is 6.20. The van der Waals surface area contributed by atoms with Gasteiger partial charge in [-0.2, -0.15) is 9.59 Å². The molecule has 112 valence electrons. The molecule has 0 radical (unpaired) electrons. The summed E-state index contributed by atoms with van der Waals surface area (Å²) in [6.45, 7) is 4.00. The van der Waals surface area contributed by atoms with E-state index in [9.17, 15) is 4.39 Å². The smallest absolute Gasteiger partial charge is 0.287 e. The van der Waals surface area contributed by atoms with Gasteiger partial charge in [-0.15, -0.1) is 0 Å². The van der Waals surface area contributed by atoms with Gasteiger partial charge in [0.2, 0.25) is 0 Å². The van der Waals surface area contributed by atoms with E-state index in [-0.39, 0.29) is 12.0 Å². The van der Waals surface area contributed by atoms with E-state index in [4.69, 9.17) is 21.2 Å². The number of imidazole rings is 1. The maximum absolute atomic E-state index is 13.6. The van der Waals surface area contributed by atoms with Crippen LogP contribution in [0.2, 0.25) is 5.15 Å². The molecule has 0 unspecified atom stereocenters. The Morgan fingerprint density at radius 3 is 2.43 bits per heavy atom. The fourth-order valence-electron chi connectivity index (χ4n) is 1.84. The predicted molar refractivity (Wildman–Crippen MR) is 80.0 cm³/mol. The number of nitrogens with zero attached hydrogens (tertiary/aromatic N) is 2. The zero-order chi connectivity index (χ0) is 16.0. The highest BCUT2D eigenvalue weighted by Crippen LogP contribution is 2.26. The minimum absolute atomic E-state index is 0.250. The summed E-state index contributed by atoms with van der Waals surface area (Å²) >= 11 is 9.44. The van der Waals surface area contributed by atoms with Gasteiger partial charge in [-0.3, -0.25) is 4.57 Å². The van der Waals surface area contributed by atoms with Gasteiger partial charge in [0.05, 0.1) is 15.9 Å². The third-order valence-corrected chi connectivity index (χ3v) is 3.80. The van der Waals surface area contributed by atoms with Crippen LogP contribution in [0.25, 0.3) is 5.69 Å². The summed E-state index contributed by atoms with van der Waals surface area (Å²) in [4.78, 5) is 20.7. The molecule has 2 rings (SSSR count). The first-order valence-corrected chi connectivity index (χ1v) is 7.37. The first-order chi connectivity index (χ1) is 9.99. The first kappa shape index (κ1) is 17.6. The van der Waals surface area contributed by atoms with Gasteiger partial charge in [0.15, 0.2) is 0 Å². The second kappa shape index (κ2) is 8.08. The Balaban J connectivity index is 0.000000677. The summed E-state index contributed by atoms with van der Waals surface area (Å²) in [6, 6.07) is 4.95. The molecule has 0 aliphatic rings. The Hall–Kier alpha value is -1.49. The average Bonchev–Trinajstić information content (AvgIpc) is 2.79. The number of benzene rings is 1. The molecule has 1 aromatic heterocycles. The minimum Gasteiger partial charge on any atom is -0.287 e. The molecule has 0 spiro atoms. The van der Waals surface area contributed by atoms with E-state index in [2.05, 4.69) is 20.9 Å². The minimum atomic E-state index is -0.308. The van der Waals surface area contributed by atoms with Crippen molar-refractivity contribution in [1.29, 1.82) is 0 Å². The Kier molecular flexibility index (Phi) is 6.75. The largest absolute Gasteiger partial charge is 0.373 e. The zero-order valence-corrected chi connectivity index (χ0v) is 13.8. The molecule has 4 nitrogen and oxygen atoms in total. The molecule has 0 amide bonds. The van der Waals surface area contributed by atoms with Crippen molar-refractivity contribution >= 4 is 33.7 Å². The Labute approximate surface area is 135 Å². The molecular formula is C14H13BrClFN2O2. The number of aryl methyl sites for hydroxylation is 2. The van der Waals surface area contributed by atoms with Crippen LogP contribution in [-0.2, 0) is 22.4 Å². The van der Waals surface area contributed by atoms with Crippen molar-refractivity contribution < 1.29 is 14.0 Å². The lowest BCUT2D eigenvalue weighted by Crippen LogP contribution is -2.00. The summed E-state index contributed by atoms with van der Waals surface area (Å²) in [5.74, 6) is 0.538. The van der Waals surface area contributed by atoms with Crippen LogP contribution in [-0.4, -0.2) is 15.7 Å². The van der Waals surface area contributed by atoms with Gasteiger partial charge in [-0.1, -0.05) is 25.4 Å². The van der Waals surface area contributed by atoms with Crippen molar-refractivity contribution in [2.24, 2.45) is 0 Å². The van der Waals surface area contributed by atoms with E-state index in [1.165, 1.54) is 6.07 Å². The number of rotatable bonds is 3. The number of hydrogen-bond acceptors (Lipinski definition) is 3. The SMILES string of the molecule is CCc1nc(CC)n(-c2ccc(Br)c(F)c2)c1Cl.O=C=O. The molecule has 0 fully saturated rings. The van der Waals surface area contributed by atoms with Gasteiger partial charge in [0.25, 0.3) is 0 Å². The van der Waals surface area contributed by atoms with Gasteiger partial charge in [0.1, 0.15) is 16.8 Å². The highest BCUT2D eigenvalue weighted by atomic mass is 79.9. The third-order valence-electron chi connectivity index (χ3n) is 2.77. The normalized spacial score (nSPS) is 9.76. The van der Waals surface area contributed by atoms with Gasteiger partial charge in [0, 0.05) is 6.42 Å². The van der Waals surface area contributed by atoms with E-state index in [0.717, 1.165) is 24.4 Å². The van der Waals surface area contributed by atoms with Crippen molar-refractivity contribution in [3.05, 3.63) is 45.2 Å². The van der Waals surface area contributed by atoms with Crippen LogP contribution >= 0.6 is 27.5 Å². The Bertz CT molecular complexity index is 667. The van der Waals surface area contributed by atoms with E-state index in [1.54, 1.807) is 10.6 Å². The molecule has 0 bridgehead atoms. The van der Waals surface area contributed by atoms with Crippen LogP contribution in [0, 0.1) is 5.82 Å². The molecule has 1 aromatic carbocycles. The highest BCUT2D eigenvalue weighted by Gasteiger charge is 2.15. The van der Waals surface area contributed by atoms with Gasteiger partial charge >= 0.3 is 6.15 Å². The molecule has 0 aliphatic carbocycles. The molecule has 0 saturated heterocycles. The van der Waals surface area contributed by atoms with E-state index >= 15 is 0 Å². The topological polar surface area (TPSA) is 52.0 Å². The monoisotopic (exact) mass is 374 g/mol. The Morgan fingerprint density at radius 2 is 1.95 bits per heavy atom. The number of halogens is 3. The van der Waals surface area contributed by atoms with Gasteiger partial charge < -0.3 is 0 Å². The van der Waals surface area contributed by atoms with Crippen LogP contribution in [0.15, 0.2) is 22.7 Å². The standard InChI is InChI=1S/C13H13BrClFN2.CO2/c1-3-11-13(15)18(12(4-2)17-11)8-5-6-9(14)10(16)7-8;2-1-3/h5-7H,3-4H2,1-2H3;. The maximum Gasteiger partial charge on any atom is 0.373 e. The fraction of sp³-hybridized carbons (Fsp3) is 0.286. The molecule has 0 atom stereocenters. The fourth-order valence-corrected chi connectivity index (χ4v) is 2.46. The molecule has 0 aliphatic heterocycles. The molecule has 0 saturated carbocycles. The third kappa shape index (κ3) is 4.00. The maximum atomic E-state index is 13.6. The number of hydrogen-bond donors (Lipinski definition) is 0. The molecule has 21 heavy (non-hydrogen) atoms. The summed E-state index contributed by atoms with van der Waals surface area (Å²) < 4.78 is 15.8. The van der Waals surface area contributed by atoms with Crippen LogP contribution < -0.4 is 0 Å². The summed E-state index contributed by atoms with van der Waals surface area (Å²) in [5.41, 5.74) is 1.54. The van der Waals surface area contributed by atoms with E-state index < -0.39 is 0 Å². The van der Waals surface area contributed by atoms with E-state index in [1.807, 2.05) is 19.9 Å². The number of aromatic nitrogens is 2. The predicted octanol–water partition coefficient (Wildman–Crippen LogP) is 3.97. The molecule has 2 aromatic rings. The van der Waals surface area contributed by atoms with E-state index in [0.29, 0.717) is 15.3 Å². The second-order valence-corrected chi connectivity index (χ2v) is 5.20. The van der Waals surface area contributed by atoms with Crippen molar-refractivity contribution in [3.8, 4) is 5.69 Å². The lowest BCUT2D eigenvalue weighted by atomic mass is 10.3. The summed E-state index contributed by atoms with van der Waals surface area (Å²) in [7, 11) is 0. The van der Waals surface area contributed by atoms with Crippen LogP contribution in [0.1, 0.15) is 25.4 Å². The van der Waals surface area contributed by atoms with Gasteiger partial charge in [-0.25, -0.2) is 9.37 Å². The van der Waals surface area contributed by atoms with Crippen molar-refractivity contribution in [1.82, 2.24) is 9.55 Å². The van der Waals surface area contributed by atoms with Crippen molar-refractivity contribution in [2.75, 3.05) is 0 Å². The summed E-state index contributed by atoms with van der Waals surface area (Å²) in [6.07, 6.45) is 1.76. The second-order valence-electron chi connectivity index (χ2n) is 3.99. The van der Waals surface area contributed by atoms with Crippen LogP contribution in [0.5, 0.6) is 0 Å². The molecule has 1 heterocycles. The van der Waals surface area contributed by atoms with Gasteiger partial charge in [-0.05, 0) is 40.5 Å². The molecular weight excluding hydrogens is 363 g/mol.